The first-order valence-electron chi connectivity index (χ1n) is 6.97. The summed E-state index contributed by atoms with van der Waals surface area (Å²) < 4.78 is 6.72. The summed E-state index contributed by atoms with van der Waals surface area (Å²) in [5, 5.41) is 0.362. The van der Waals surface area contributed by atoms with Gasteiger partial charge in [0.1, 0.15) is 0 Å². The van der Waals surface area contributed by atoms with Crippen LogP contribution in [0.4, 0.5) is 0 Å². The fraction of sp³-hybridized carbons (Fsp3) is 1.00. The van der Waals surface area contributed by atoms with Crippen molar-refractivity contribution in [2.24, 2.45) is 5.92 Å². The lowest BCUT2D eigenvalue weighted by atomic mass is 10.1. The molecule has 0 spiro atoms. The second kappa shape index (κ2) is 3.84. The lowest BCUT2D eigenvalue weighted by molar-refractivity contribution is 0.132. The molecule has 0 N–H and O–H groups in total. The topological polar surface area (TPSA) is 9.23 Å². The van der Waals surface area contributed by atoms with E-state index in [-0.39, 0.29) is 0 Å². The first kappa shape index (κ1) is 12.6. The van der Waals surface area contributed by atoms with Crippen LogP contribution in [0.2, 0.25) is 18.1 Å². The Morgan fingerprint density at radius 1 is 1.12 bits per heavy atom. The van der Waals surface area contributed by atoms with Crippen molar-refractivity contribution in [3.05, 3.63) is 0 Å². The van der Waals surface area contributed by atoms with Crippen LogP contribution in [-0.4, -0.2) is 13.9 Å². The summed E-state index contributed by atoms with van der Waals surface area (Å²) in [7, 11) is -1.55. The molecule has 1 nitrogen and oxygen atoms in total. The molecule has 2 aliphatic carbocycles. The molecule has 0 amide bonds. The van der Waals surface area contributed by atoms with E-state index in [1.54, 1.807) is 0 Å². The Morgan fingerprint density at radius 2 is 1.81 bits per heavy atom. The molecular weight excluding hydrogens is 212 g/mol. The zero-order valence-electron chi connectivity index (χ0n) is 11.7. The number of fused-ring (bicyclic) bond motifs is 1. The molecule has 0 aliphatic heterocycles. The Hall–Kier alpha value is 0.177. The van der Waals surface area contributed by atoms with E-state index in [0.717, 1.165) is 5.92 Å². The van der Waals surface area contributed by atoms with Gasteiger partial charge in [-0.05, 0) is 43.3 Å². The maximum Gasteiger partial charge on any atom is 0.192 e. The quantitative estimate of drug-likeness (QED) is 0.634. The zero-order chi connectivity index (χ0) is 12.0. The highest BCUT2D eigenvalue weighted by molar-refractivity contribution is 6.74. The Bertz CT molecular complexity index is 266. The first-order chi connectivity index (χ1) is 7.27. The molecule has 2 heteroatoms. The van der Waals surface area contributed by atoms with Crippen LogP contribution in [0.3, 0.4) is 0 Å². The lowest BCUT2D eigenvalue weighted by Crippen LogP contribution is -2.45. The van der Waals surface area contributed by atoms with E-state index in [1.165, 1.54) is 38.5 Å². The van der Waals surface area contributed by atoms with E-state index >= 15 is 0 Å². The molecule has 0 heterocycles. The van der Waals surface area contributed by atoms with Crippen LogP contribution < -0.4 is 0 Å². The van der Waals surface area contributed by atoms with E-state index < -0.39 is 8.32 Å². The Kier molecular flexibility index (Phi) is 3.03. The van der Waals surface area contributed by atoms with Gasteiger partial charge in [-0.15, -0.1) is 0 Å². The van der Waals surface area contributed by atoms with Gasteiger partial charge in [0.15, 0.2) is 8.32 Å². The first-order valence-corrected chi connectivity index (χ1v) is 9.88. The van der Waals surface area contributed by atoms with Crippen molar-refractivity contribution < 1.29 is 4.43 Å². The summed E-state index contributed by atoms with van der Waals surface area (Å²) in [4.78, 5) is 0. The van der Waals surface area contributed by atoms with Crippen LogP contribution in [0, 0.1) is 5.92 Å². The van der Waals surface area contributed by atoms with Crippen LogP contribution in [0.25, 0.3) is 0 Å². The zero-order valence-corrected chi connectivity index (χ0v) is 12.7. The maximum atomic E-state index is 6.72. The van der Waals surface area contributed by atoms with Crippen molar-refractivity contribution in [3.63, 3.8) is 0 Å². The summed E-state index contributed by atoms with van der Waals surface area (Å²) >= 11 is 0. The normalized spacial score (nSPS) is 35.4. The van der Waals surface area contributed by atoms with Gasteiger partial charge in [-0.2, -0.15) is 0 Å². The lowest BCUT2D eigenvalue weighted by Gasteiger charge is -2.40. The number of hydrogen-bond donors (Lipinski definition) is 0. The van der Waals surface area contributed by atoms with Gasteiger partial charge in [-0.3, -0.25) is 0 Å². The SMILES string of the molecule is CC(C)(C)[Si](C)(C)OC12CCCCCC1C2. The smallest absolute Gasteiger partial charge is 0.192 e. The van der Waals surface area contributed by atoms with E-state index in [2.05, 4.69) is 33.9 Å². The Labute approximate surface area is 102 Å². The minimum atomic E-state index is -1.55. The fourth-order valence-corrected chi connectivity index (χ4v) is 4.53. The summed E-state index contributed by atoms with van der Waals surface area (Å²) in [6.45, 7) is 11.9. The van der Waals surface area contributed by atoms with Gasteiger partial charge >= 0.3 is 0 Å². The minimum Gasteiger partial charge on any atom is -0.411 e. The molecule has 0 radical (unpaired) electrons. The largest absolute Gasteiger partial charge is 0.411 e. The molecule has 2 rings (SSSR count). The van der Waals surface area contributed by atoms with E-state index in [4.69, 9.17) is 4.43 Å². The molecule has 94 valence electrons. The van der Waals surface area contributed by atoms with Gasteiger partial charge in [-0.1, -0.05) is 40.0 Å². The van der Waals surface area contributed by atoms with Crippen molar-refractivity contribution in [2.75, 3.05) is 0 Å². The summed E-state index contributed by atoms with van der Waals surface area (Å²) in [5.41, 5.74) is 0.333. The molecule has 0 aromatic rings. The number of hydrogen-bond acceptors (Lipinski definition) is 1. The van der Waals surface area contributed by atoms with E-state index in [1.807, 2.05) is 0 Å². The fourth-order valence-electron chi connectivity index (χ4n) is 2.86. The van der Waals surface area contributed by atoms with Gasteiger partial charge in [0.25, 0.3) is 0 Å². The van der Waals surface area contributed by atoms with E-state index in [0.29, 0.717) is 10.6 Å². The molecular formula is C14H28OSi. The molecule has 0 bridgehead atoms. The molecule has 0 saturated heterocycles. The third kappa shape index (κ3) is 2.24. The number of rotatable bonds is 2. The molecule has 0 aromatic heterocycles. The Balaban J connectivity index is 2.04. The molecule has 2 unspecified atom stereocenters. The van der Waals surface area contributed by atoms with Crippen molar-refractivity contribution in [1.29, 1.82) is 0 Å². The van der Waals surface area contributed by atoms with Crippen molar-refractivity contribution in [1.82, 2.24) is 0 Å². The standard InChI is InChI=1S/C14H28OSi/c1-13(2,3)16(4,5)15-14-10-8-6-7-9-12(14)11-14/h12H,6-11H2,1-5H3. The predicted molar refractivity (Wildman–Crippen MR) is 72.2 cm³/mol. The highest BCUT2D eigenvalue weighted by Gasteiger charge is 2.58. The average molecular weight is 240 g/mol. The highest BCUT2D eigenvalue weighted by atomic mass is 28.4. The van der Waals surface area contributed by atoms with Crippen LogP contribution in [0.1, 0.15) is 59.3 Å². The Morgan fingerprint density at radius 3 is 2.44 bits per heavy atom. The van der Waals surface area contributed by atoms with Gasteiger partial charge in [0.05, 0.1) is 5.60 Å². The second-order valence-electron chi connectivity index (χ2n) is 7.43. The third-order valence-corrected chi connectivity index (χ3v) is 9.62. The monoisotopic (exact) mass is 240 g/mol. The van der Waals surface area contributed by atoms with Crippen LogP contribution in [0.15, 0.2) is 0 Å². The van der Waals surface area contributed by atoms with Gasteiger partial charge < -0.3 is 4.43 Å². The average Bonchev–Trinajstić information content (AvgIpc) is 2.74. The van der Waals surface area contributed by atoms with Gasteiger partial charge in [-0.25, -0.2) is 0 Å². The summed E-state index contributed by atoms with van der Waals surface area (Å²) in [6, 6.07) is 0. The second-order valence-corrected chi connectivity index (χ2v) is 12.2. The molecule has 0 aromatic carbocycles. The van der Waals surface area contributed by atoms with Crippen molar-refractivity contribution >= 4 is 8.32 Å². The third-order valence-electron chi connectivity index (χ3n) is 5.09. The van der Waals surface area contributed by atoms with E-state index in [9.17, 15) is 0 Å². The molecule has 2 aliphatic rings. The molecule has 2 atom stereocenters. The van der Waals surface area contributed by atoms with Crippen LogP contribution in [0.5, 0.6) is 0 Å². The van der Waals surface area contributed by atoms with Gasteiger partial charge in [0.2, 0.25) is 0 Å². The molecule has 2 fully saturated rings. The molecule has 16 heavy (non-hydrogen) atoms. The van der Waals surface area contributed by atoms with Crippen molar-refractivity contribution in [2.45, 2.75) is 83.0 Å². The summed E-state index contributed by atoms with van der Waals surface area (Å²) in [6.07, 6.45) is 8.38. The van der Waals surface area contributed by atoms with Crippen LogP contribution in [-0.2, 0) is 4.43 Å². The summed E-state index contributed by atoms with van der Waals surface area (Å²) in [5.74, 6) is 0.907. The van der Waals surface area contributed by atoms with Crippen LogP contribution >= 0.6 is 0 Å². The minimum absolute atomic E-state index is 0.333. The van der Waals surface area contributed by atoms with Gasteiger partial charge in [0, 0.05) is 0 Å². The predicted octanol–water partition coefficient (Wildman–Crippen LogP) is 4.73. The van der Waals surface area contributed by atoms with Crippen molar-refractivity contribution in [3.8, 4) is 0 Å². The molecule has 2 saturated carbocycles. The maximum absolute atomic E-state index is 6.72. The highest BCUT2D eigenvalue weighted by Crippen LogP contribution is 2.58.